The van der Waals surface area contributed by atoms with E-state index in [1.54, 1.807) is 11.3 Å². The van der Waals surface area contributed by atoms with Crippen LogP contribution >= 0.6 is 24.8 Å². The van der Waals surface area contributed by atoms with Crippen LogP contribution in [0.1, 0.15) is 44.6 Å². The highest BCUT2D eigenvalue weighted by molar-refractivity contribution is 5.85. The Kier molecular flexibility index (Phi) is 7.55. The Morgan fingerprint density at radius 3 is 2.62 bits per heavy atom. The van der Waals surface area contributed by atoms with Gasteiger partial charge in [-0.2, -0.15) is 0 Å². The zero-order valence-electron chi connectivity index (χ0n) is 12.8. The third kappa shape index (κ3) is 4.62. The van der Waals surface area contributed by atoms with Crippen molar-refractivity contribution >= 4 is 24.8 Å². The van der Waals surface area contributed by atoms with Crippen molar-refractivity contribution in [2.45, 2.75) is 45.4 Å². The van der Waals surface area contributed by atoms with Crippen molar-refractivity contribution in [3.05, 3.63) is 41.4 Å². The largest absolute Gasteiger partial charge is 0.375 e. The van der Waals surface area contributed by atoms with Gasteiger partial charge in [0.15, 0.2) is 0 Å². The zero-order valence-corrected chi connectivity index (χ0v) is 14.4. The van der Waals surface area contributed by atoms with Crippen LogP contribution in [0.15, 0.2) is 35.8 Å². The molecule has 118 valence electrons. The van der Waals surface area contributed by atoms with Gasteiger partial charge in [-0.05, 0) is 63.0 Å². The fourth-order valence-corrected chi connectivity index (χ4v) is 3.50. The van der Waals surface area contributed by atoms with Crippen LogP contribution in [0.25, 0.3) is 0 Å². The third-order valence-electron chi connectivity index (χ3n) is 4.71. The zero-order chi connectivity index (χ0) is 13.1. The van der Waals surface area contributed by atoms with E-state index in [4.69, 9.17) is 0 Å². The summed E-state index contributed by atoms with van der Waals surface area (Å²) in [5, 5.41) is 0. The Morgan fingerprint density at radius 1 is 1.29 bits per heavy atom. The first-order valence-electron chi connectivity index (χ1n) is 7.65. The number of piperidine rings is 3. The van der Waals surface area contributed by atoms with Gasteiger partial charge in [0, 0.05) is 31.2 Å². The van der Waals surface area contributed by atoms with Crippen molar-refractivity contribution in [1.82, 2.24) is 9.88 Å². The molecule has 0 spiro atoms. The van der Waals surface area contributed by atoms with Crippen LogP contribution in [0.3, 0.4) is 0 Å². The monoisotopic (exact) mass is 328 g/mol. The molecule has 0 N–H and O–H groups in total. The lowest BCUT2D eigenvalue weighted by Crippen LogP contribution is -2.40. The molecule has 4 heteroatoms. The Labute approximate surface area is 140 Å². The highest BCUT2D eigenvalue weighted by Crippen LogP contribution is 2.36. The van der Waals surface area contributed by atoms with Gasteiger partial charge in [0.1, 0.15) is 0 Å². The predicted molar refractivity (Wildman–Crippen MR) is 93.3 cm³/mol. The summed E-state index contributed by atoms with van der Waals surface area (Å²) in [5.74, 6) is 0.980. The molecular weight excluding hydrogens is 303 g/mol. The molecule has 3 aliphatic rings. The van der Waals surface area contributed by atoms with Gasteiger partial charge in [-0.25, -0.2) is 0 Å². The molecule has 0 amide bonds. The minimum Gasteiger partial charge on any atom is -0.375 e. The molecule has 4 heterocycles. The van der Waals surface area contributed by atoms with Gasteiger partial charge in [-0.15, -0.1) is 24.8 Å². The summed E-state index contributed by atoms with van der Waals surface area (Å²) in [7, 11) is 0. The van der Waals surface area contributed by atoms with Crippen molar-refractivity contribution in [1.29, 1.82) is 0 Å². The number of allylic oxidation sites excluding steroid dienone is 2. The lowest BCUT2D eigenvalue weighted by Gasteiger charge is -2.43. The smallest absolute Gasteiger partial charge is 0.0299 e. The van der Waals surface area contributed by atoms with Crippen LogP contribution in [0, 0.1) is 5.92 Å². The summed E-state index contributed by atoms with van der Waals surface area (Å²) in [5.41, 5.74) is 4.67. The van der Waals surface area contributed by atoms with E-state index in [9.17, 15) is 0 Å². The second-order valence-corrected chi connectivity index (χ2v) is 6.08. The van der Waals surface area contributed by atoms with Gasteiger partial charge in [0.05, 0.1) is 0 Å². The fraction of sp³-hybridized carbons (Fsp3) is 0.588. The summed E-state index contributed by atoms with van der Waals surface area (Å²) < 4.78 is 0. The maximum Gasteiger partial charge on any atom is 0.0299 e. The molecule has 3 fully saturated rings. The first kappa shape index (κ1) is 18.3. The van der Waals surface area contributed by atoms with Crippen LogP contribution in [0.2, 0.25) is 0 Å². The molecule has 2 nitrogen and oxygen atoms in total. The van der Waals surface area contributed by atoms with Crippen molar-refractivity contribution < 1.29 is 0 Å². The summed E-state index contributed by atoms with van der Waals surface area (Å²) >= 11 is 0. The maximum atomic E-state index is 4.18. The van der Waals surface area contributed by atoms with Gasteiger partial charge >= 0.3 is 0 Å². The highest BCUT2D eigenvalue weighted by Gasteiger charge is 2.29. The van der Waals surface area contributed by atoms with Crippen molar-refractivity contribution in [2.75, 3.05) is 13.1 Å². The molecule has 0 radical (unpaired) electrons. The number of fused-ring (bicyclic) bond motifs is 3. The van der Waals surface area contributed by atoms with Gasteiger partial charge in [0.2, 0.25) is 0 Å². The molecule has 1 aromatic heterocycles. The minimum absolute atomic E-state index is 0. The molecule has 0 aliphatic carbocycles. The van der Waals surface area contributed by atoms with E-state index in [1.165, 1.54) is 50.8 Å². The molecule has 3 saturated heterocycles. The molecule has 2 bridgehead atoms. The number of rotatable bonds is 4. The van der Waals surface area contributed by atoms with E-state index in [0.29, 0.717) is 0 Å². The summed E-state index contributed by atoms with van der Waals surface area (Å²) in [4.78, 5) is 6.82. The molecule has 21 heavy (non-hydrogen) atoms. The molecule has 0 aromatic carbocycles. The number of pyridine rings is 1. The van der Waals surface area contributed by atoms with Crippen LogP contribution in [-0.2, 0) is 6.42 Å². The summed E-state index contributed by atoms with van der Waals surface area (Å²) in [6.07, 6.45) is 11.7. The normalized spacial score (nSPS) is 19.8. The molecule has 4 rings (SSSR count). The number of hydrogen-bond donors (Lipinski definition) is 0. The number of nitrogens with zero attached hydrogens (tertiary/aromatic N) is 2. The van der Waals surface area contributed by atoms with E-state index in [1.807, 2.05) is 18.5 Å². The predicted octanol–water partition coefficient (Wildman–Crippen LogP) is 4.64. The lowest BCUT2D eigenvalue weighted by atomic mass is 9.84. The topological polar surface area (TPSA) is 16.1 Å². The van der Waals surface area contributed by atoms with Crippen LogP contribution in [0.4, 0.5) is 0 Å². The first-order valence-corrected chi connectivity index (χ1v) is 7.65. The van der Waals surface area contributed by atoms with Crippen molar-refractivity contribution in [2.24, 2.45) is 5.92 Å². The first-order chi connectivity index (χ1) is 9.33. The minimum atomic E-state index is 0. The standard InChI is InChI=1S/C17H24N2.2ClH/c1-14(4-2-5-16-6-3-9-18-13-16)17-12-15-7-10-19(17)11-8-15;;/h3,6,9,13,15H,2,4-5,7-8,10-12H2,1H3;2*1H. The molecule has 0 atom stereocenters. The van der Waals surface area contributed by atoms with E-state index >= 15 is 0 Å². The van der Waals surface area contributed by atoms with E-state index < -0.39 is 0 Å². The Hall–Kier alpha value is -0.730. The number of aryl methyl sites for hydroxylation is 1. The molecule has 3 aliphatic heterocycles. The number of halogens is 2. The van der Waals surface area contributed by atoms with Crippen LogP contribution in [0.5, 0.6) is 0 Å². The average molecular weight is 329 g/mol. The molecule has 0 unspecified atom stereocenters. The van der Waals surface area contributed by atoms with Gasteiger partial charge < -0.3 is 4.90 Å². The Bertz CT molecular complexity index is 451. The van der Waals surface area contributed by atoms with E-state index in [-0.39, 0.29) is 24.8 Å². The van der Waals surface area contributed by atoms with Crippen LogP contribution < -0.4 is 0 Å². The van der Waals surface area contributed by atoms with E-state index in [0.717, 1.165) is 12.3 Å². The maximum absolute atomic E-state index is 4.18. The second kappa shape index (κ2) is 8.65. The van der Waals surface area contributed by atoms with Gasteiger partial charge in [-0.1, -0.05) is 11.6 Å². The van der Waals surface area contributed by atoms with Gasteiger partial charge in [-0.3, -0.25) is 4.98 Å². The summed E-state index contributed by atoms with van der Waals surface area (Å²) in [6, 6.07) is 4.22. The van der Waals surface area contributed by atoms with Gasteiger partial charge in [0.25, 0.3) is 0 Å². The third-order valence-corrected chi connectivity index (χ3v) is 4.71. The molecule has 0 saturated carbocycles. The SMILES string of the molecule is CC(CCCc1cccnc1)=C1CC2CCN1CC2.Cl.Cl. The van der Waals surface area contributed by atoms with E-state index in [2.05, 4.69) is 22.9 Å². The molecular formula is C17H26Cl2N2. The summed E-state index contributed by atoms with van der Waals surface area (Å²) in [6.45, 7) is 4.96. The number of aromatic nitrogens is 1. The van der Waals surface area contributed by atoms with Crippen molar-refractivity contribution in [3.8, 4) is 0 Å². The quantitative estimate of drug-likeness (QED) is 0.800. The second-order valence-electron chi connectivity index (χ2n) is 6.08. The molecule has 1 aromatic rings. The Balaban J connectivity index is 0.00000110. The van der Waals surface area contributed by atoms with Crippen molar-refractivity contribution in [3.63, 3.8) is 0 Å². The number of hydrogen-bond acceptors (Lipinski definition) is 2. The Morgan fingerprint density at radius 2 is 2.05 bits per heavy atom. The average Bonchev–Trinajstić information content (AvgIpc) is 2.49. The van der Waals surface area contributed by atoms with Crippen LogP contribution in [-0.4, -0.2) is 23.0 Å². The lowest BCUT2D eigenvalue weighted by molar-refractivity contribution is 0.157. The highest BCUT2D eigenvalue weighted by atomic mass is 35.5. The fourth-order valence-electron chi connectivity index (χ4n) is 3.50.